The van der Waals surface area contributed by atoms with Crippen molar-refractivity contribution < 1.29 is 28.2 Å². The molecule has 1 heterocycles. The van der Waals surface area contributed by atoms with E-state index in [1.807, 2.05) is 6.92 Å². The lowest BCUT2D eigenvalue weighted by Gasteiger charge is -2.31. The lowest BCUT2D eigenvalue weighted by atomic mass is 9.78. The largest absolute Gasteiger partial charge is 0.391 e. The van der Waals surface area contributed by atoms with Gasteiger partial charge in [0.1, 0.15) is 11.6 Å². The van der Waals surface area contributed by atoms with E-state index in [9.17, 15) is 23.5 Å². The fourth-order valence-electron chi connectivity index (χ4n) is 4.78. The van der Waals surface area contributed by atoms with Crippen molar-refractivity contribution >= 4 is 11.8 Å². The number of aliphatic hydroxyl groups excluding tert-OH is 1. The summed E-state index contributed by atoms with van der Waals surface area (Å²) in [6, 6.07) is 5.86. The number of rotatable bonds is 10. The number of amides is 2. The van der Waals surface area contributed by atoms with Crippen molar-refractivity contribution in [2.45, 2.75) is 57.3 Å². The van der Waals surface area contributed by atoms with Crippen LogP contribution in [0.5, 0.6) is 0 Å². The van der Waals surface area contributed by atoms with Crippen LogP contribution in [-0.2, 0) is 11.2 Å². The van der Waals surface area contributed by atoms with E-state index < -0.39 is 41.5 Å². The number of primary amides is 1. The number of nitrogens with two attached hydrogens (primary N) is 1. The molecule has 1 aliphatic heterocycles. The molecule has 0 unspecified atom stereocenters. The van der Waals surface area contributed by atoms with E-state index in [-0.39, 0.29) is 34.8 Å². The van der Waals surface area contributed by atoms with Crippen LogP contribution in [0.1, 0.15) is 63.1 Å². The Hall–Kier alpha value is -2.88. The molecule has 0 aliphatic carbocycles. The molecule has 4 atom stereocenters. The molecular formula is C26H33F2N3O4. The number of aliphatic hydroxyl groups is 1. The fraction of sp³-hybridized carbons (Fsp3) is 0.462. The maximum absolute atomic E-state index is 14.0. The molecule has 1 fully saturated rings. The van der Waals surface area contributed by atoms with E-state index in [0.717, 1.165) is 12.5 Å². The summed E-state index contributed by atoms with van der Waals surface area (Å²) in [6.07, 6.45) is 0.122. The third-order valence-electron chi connectivity index (χ3n) is 6.32. The van der Waals surface area contributed by atoms with Gasteiger partial charge >= 0.3 is 0 Å². The molecule has 0 bridgehead atoms. The van der Waals surface area contributed by atoms with E-state index in [4.69, 9.17) is 10.5 Å². The highest BCUT2D eigenvalue weighted by molar-refractivity contribution is 6.02. The number of aryl methyl sites for hydroxylation is 1. The van der Waals surface area contributed by atoms with E-state index in [2.05, 4.69) is 10.6 Å². The van der Waals surface area contributed by atoms with Crippen LogP contribution in [0, 0.1) is 18.6 Å². The van der Waals surface area contributed by atoms with Gasteiger partial charge in [-0.25, -0.2) is 8.78 Å². The van der Waals surface area contributed by atoms with Crippen molar-refractivity contribution in [1.29, 1.82) is 0 Å². The molecule has 0 aromatic heterocycles. The van der Waals surface area contributed by atoms with E-state index in [0.29, 0.717) is 25.1 Å². The van der Waals surface area contributed by atoms with Crippen molar-refractivity contribution in [3.63, 3.8) is 0 Å². The monoisotopic (exact) mass is 489 g/mol. The first-order valence-electron chi connectivity index (χ1n) is 11.8. The summed E-state index contributed by atoms with van der Waals surface area (Å²) in [5.41, 5.74) is 7.13. The number of carbonyl (C=O) groups excluding carboxylic acids is 2. The molecule has 2 amide bonds. The van der Waals surface area contributed by atoms with Gasteiger partial charge in [0.05, 0.1) is 12.2 Å². The minimum atomic E-state index is -1.11. The van der Waals surface area contributed by atoms with Gasteiger partial charge in [0, 0.05) is 49.4 Å². The summed E-state index contributed by atoms with van der Waals surface area (Å²) in [5, 5.41) is 17.4. The lowest BCUT2D eigenvalue weighted by molar-refractivity contribution is 0.0550. The Morgan fingerprint density at radius 2 is 1.86 bits per heavy atom. The normalized spacial score (nSPS) is 19.4. The smallest absolute Gasteiger partial charge is 0.251 e. The topological polar surface area (TPSA) is 114 Å². The van der Waals surface area contributed by atoms with Crippen LogP contribution in [0.4, 0.5) is 8.78 Å². The summed E-state index contributed by atoms with van der Waals surface area (Å²) >= 11 is 0. The molecule has 1 saturated heterocycles. The Morgan fingerprint density at radius 1 is 1.20 bits per heavy atom. The SMILES string of the molecule is CCCO[C@H]1CN[C@@H]([C@H](O)[C@@H](Cc2cc(F)cc(F)c2)c2c(C(N)=O)cc(C)cc2C(=O)NC)C1. The third kappa shape index (κ3) is 6.42. The molecule has 0 spiro atoms. The molecule has 7 nitrogen and oxygen atoms in total. The highest BCUT2D eigenvalue weighted by atomic mass is 19.1. The Labute approximate surface area is 204 Å². The quantitative estimate of drug-likeness (QED) is 0.410. The molecule has 190 valence electrons. The van der Waals surface area contributed by atoms with Gasteiger partial charge in [0.15, 0.2) is 0 Å². The number of nitrogens with one attached hydrogen (secondary N) is 2. The number of hydrogen-bond donors (Lipinski definition) is 4. The first kappa shape index (κ1) is 26.7. The average Bonchev–Trinajstić information content (AvgIpc) is 3.28. The second-order valence-corrected chi connectivity index (χ2v) is 9.04. The Kier molecular flexibility index (Phi) is 8.93. The zero-order chi connectivity index (χ0) is 25.7. The molecule has 0 radical (unpaired) electrons. The van der Waals surface area contributed by atoms with Gasteiger partial charge in [-0.2, -0.15) is 0 Å². The predicted molar refractivity (Wildman–Crippen MR) is 128 cm³/mol. The summed E-state index contributed by atoms with van der Waals surface area (Å²) in [5.74, 6) is -3.61. The number of carbonyl (C=O) groups is 2. The summed E-state index contributed by atoms with van der Waals surface area (Å²) in [4.78, 5) is 25.3. The number of ether oxygens (including phenoxy) is 1. The third-order valence-corrected chi connectivity index (χ3v) is 6.32. The van der Waals surface area contributed by atoms with Gasteiger partial charge in [-0.1, -0.05) is 6.92 Å². The van der Waals surface area contributed by atoms with Crippen molar-refractivity contribution in [2.75, 3.05) is 20.2 Å². The van der Waals surface area contributed by atoms with E-state index >= 15 is 0 Å². The standard InChI is InChI=1S/C26H33F2N3O4/c1-4-5-35-18-12-22(31-13-18)24(32)19(10-15-8-16(27)11-17(28)9-15)23-20(25(29)33)6-14(2)7-21(23)26(34)30-3/h6-9,11,18-19,22,24,31-32H,4-5,10,12-13H2,1-3H3,(H2,29,33)(H,30,34)/t18-,19+,22-,24-/m1/s1. The van der Waals surface area contributed by atoms with Crippen LogP contribution >= 0.6 is 0 Å². The summed E-state index contributed by atoms with van der Waals surface area (Å²) in [6.45, 7) is 4.85. The molecular weight excluding hydrogens is 456 g/mol. The van der Waals surface area contributed by atoms with Gasteiger partial charge in [-0.3, -0.25) is 9.59 Å². The van der Waals surface area contributed by atoms with Crippen LogP contribution in [-0.4, -0.2) is 55.4 Å². The maximum atomic E-state index is 14.0. The Bertz CT molecular complexity index is 1060. The van der Waals surface area contributed by atoms with Gasteiger partial charge < -0.3 is 26.2 Å². The Balaban J connectivity index is 2.11. The molecule has 9 heteroatoms. The minimum Gasteiger partial charge on any atom is -0.391 e. The molecule has 5 N–H and O–H groups in total. The molecule has 3 rings (SSSR count). The van der Waals surface area contributed by atoms with Crippen molar-refractivity contribution in [3.8, 4) is 0 Å². The van der Waals surface area contributed by atoms with Crippen molar-refractivity contribution in [3.05, 3.63) is 69.8 Å². The van der Waals surface area contributed by atoms with Crippen LogP contribution in [0.25, 0.3) is 0 Å². The highest BCUT2D eigenvalue weighted by Gasteiger charge is 2.38. The fourth-order valence-corrected chi connectivity index (χ4v) is 4.78. The molecule has 0 saturated carbocycles. The zero-order valence-electron chi connectivity index (χ0n) is 20.2. The molecule has 2 aromatic carbocycles. The zero-order valence-corrected chi connectivity index (χ0v) is 20.2. The van der Waals surface area contributed by atoms with Crippen molar-refractivity contribution in [1.82, 2.24) is 10.6 Å². The van der Waals surface area contributed by atoms with Gasteiger partial charge in [-0.05, 0) is 67.1 Å². The molecule has 1 aliphatic rings. The van der Waals surface area contributed by atoms with Crippen LogP contribution < -0.4 is 16.4 Å². The van der Waals surface area contributed by atoms with Gasteiger partial charge in [0.2, 0.25) is 5.91 Å². The first-order valence-corrected chi connectivity index (χ1v) is 11.8. The number of benzene rings is 2. The number of halogens is 2. The minimum absolute atomic E-state index is 0.0259. The van der Waals surface area contributed by atoms with E-state index in [1.165, 1.54) is 19.2 Å². The number of hydrogen-bond acceptors (Lipinski definition) is 5. The predicted octanol–water partition coefficient (Wildman–Crippen LogP) is 2.58. The van der Waals surface area contributed by atoms with Gasteiger partial charge in [-0.15, -0.1) is 0 Å². The second-order valence-electron chi connectivity index (χ2n) is 9.04. The lowest BCUT2D eigenvalue weighted by Crippen LogP contribution is -2.41. The van der Waals surface area contributed by atoms with Crippen LogP contribution in [0.2, 0.25) is 0 Å². The highest BCUT2D eigenvalue weighted by Crippen LogP contribution is 2.35. The van der Waals surface area contributed by atoms with Crippen molar-refractivity contribution in [2.24, 2.45) is 5.73 Å². The Morgan fingerprint density at radius 3 is 2.46 bits per heavy atom. The van der Waals surface area contributed by atoms with Crippen LogP contribution in [0.3, 0.4) is 0 Å². The molecule has 2 aromatic rings. The maximum Gasteiger partial charge on any atom is 0.251 e. The summed E-state index contributed by atoms with van der Waals surface area (Å²) in [7, 11) is 1.46. The first-order chi connectivity index (χ1) is 16.6. The van der Waals surface area contributed by atoms with Gasteiger partial charge in [0.25, 0.3) is 5.91 Å². The molecule has 35 heavy (non-hydrogen) atoms. The summed E-state index contributed by atoms with van der Waals surface area (Å²) < 4.78 is 33.8. The van der Waals surface area contributed by atoms with Crippen LogP contribution in [0.15, 0.2) is 30.3 Å². The second kappa shape index (κ2) is 11.7. The average molecular weight is 490 g/mol. The van der Waals surface area contributed by atoms with E-state index in [1.54, 1.807) is 19.1 Å².